The SMILES string of the molecule is CC(=O)N1CCN(CCC[C@H](C(C)C)N2CC(c3cc(-c4ccc(F)cc4C(=O)N4CCOC[C@H]4C)c4c(F)nc(C)n4c3)C2)C[C@H]1C. The molecule has 0 N–H and O–H groups in total. The molecule has 3 aliphatic heterocycles. The lowest BCUT2D eigenvalue weighted by Gasteiger charge is -2.47. The molecule has 48 heavy (non-hydrogen) atoms. The van der Waals surface area contributed by atoms with E-state index in [0.717, 1.165) is 57.7 Å². The lowest BCUT2D eigenvalue weighted by molar-refractivity contribution is -0.133. The average molecular weight is 665 g/mol. The minimum absolute atomic E-state index is 0.155. The predicted molar refractivity (Wildman–Crippen MR) is 182 cm³/mol. The minimum Gasteiger partial charge on any atom is -0.377 e. The van der Waals surface area contributed by atoms with Crippen LogP contribution in [0.1, 0.15) is 75.1 Å². The number of piperazine rings is 1. The van der Waals surface area contributed by atoms with Gasteiger partial charge in [-0.25, -0.2) is 9.37 Å². The Kier molecular flexibility index (Phi) is 10.2. The highest BCUT2D eigenvalue weighted by atomic mass is 19.1. The summed E-state index contributed by atoms with van der Waals surface area (Å²) in [6.45, 7) is 18.8. The first-order chi connectivity index (χ1) is 22.9. The highest BCUT2D eigenvalue weighted by Gasteiger charge is 2.36. The number of hydrogen-bond acceptors (Lipinski definition) is 6. The molecule has 3 saturated heterocycles. The number of pyridine rings is 1. The number of ether oxygens (including phenoxy) is 1. The summed E-state index contributed by atoms with van der Waals surface area (Å²) in [6.07, 6.45) is 4.18. The number of morpholine rings is 1. The zero-order chi connectivity index (χ0) is 34.3. The number of fused-ring (bicyclic) bond motifs is 1. The van der Waals surface area contributed by atoms with Crippen molar-refractivity contribution in [3.05, 3.63) is 59.2 Å². The van der Waals surface area contributed by atoms with Gasteiger partial charge in [-0.1, -0.05) is 19.9 Å². The number of aryl methyl sites for hydroxylation is 1. The van der Waals surface area contributed by atoms with E-state index in [2.05, 4.69) is 35.6 Å². The third-order valence-electron chi connectivity index (χ3n) is 10.7. The van der Waals surface area contributed by atoms with Crippen molar-refractivity contribution < 1.29 is 23.1 Å². The Morgan fingerprint density at radius 1 is 1.00 bits per heavy atom. The number of hydrogen-bond donors (Lipinski definition) is 0. The highest BCUT2D eigenvalue weighted by Crippen LogP contribution is 2.38. The van der Waals surface area contributed by atoms with Crippen molar-refractivity contribution in [1.82, 2.24) is 29.0 Å². The van der Waals surface area contributed by atoms with Gasteiger partial charge in [0.1, 0.15) is 17.2 Å². The molecule has 0 aliphatic carbocycles. The average Bonchev–Trinajstić information content (AvgIpc) is 3.31. The zero-order valence-corrected chi connectivity index (χ0v) is 29.2. The Morgan fingerprint density at radius 3 is 2.46 bits per heavy atom. The zero-order valence-electron chi connectivity index (χ0n) is 29.2. The highest BCUT2D eigenvalue weighted by molar-refractivity contribution is 6.03. The lowest BCUT2D eigenvalue weighted by Crippen LogP contribution is -2.54. The van der Waals surface area contributed by atoms with Crippen LogP contribution in [0.4, 0.5) is 8.78 Å². The molecule has 3 fully saturated rings. The van der Waals surface area contributed by atoms with Crippen molar-refractivity contribution in [2.24, 2.45) is 5.92 Å². The molecule has 11 heteroatoms. The van der Waals surface area contributed by atoms with Gasteiger partial charge in [0, 0.05) is 76.0 Å². The Bertz CT molecular complexity index is 1650. The van der Waals surface area contributed by atoms with E-state index >= 15 is 4.39 Å². The van der Waals surface area contributed by atoms with E-state index < -0.39 is 11.8 Å². The van der Waals surface area contributed by atoms with E-state index in [1.165, 1.54) is 12.1 Å². The van der Waals surface area contributed by atoms with Crippen LogP contribution in [-0.2, 0) is 9.53 Å². The van der Waals surface area contributed by atoms with Crippen LogP contribution < -0.4 is 0 Å². The summed E-state index contributed by atoms with van der Waals surface area (Å²) in [7, 11) is 0. The molecule has 9 nitrogen and oxygen atoms in total. The summed E-state index contributed by atoms with van der Waals surface area (Å²) < 4.78 is 37.4. The van der Waals surface area contributed by atoms with Gasteiger partial charge in [-0.2, -0.15) is 4.39 Å². The van der Waals surface area contributed by atoms with Gasteiger partial charge >= 0.3 is 0 Å². The number of aromatic nitrogens is 2. The summed E-state index contributed by atoms with van der Waals surface area (Å²) in [5, 5.41) is 0. The first-order valence-electron chi connectivity index (χ1n) is 17.5. The molecule has 3 aliphatic rings. The summed E-state index contributed by atoms with van der Waals surface area (Å²) in [5.41, 5.74) is 2.61. The molecule has 6 rings (SSSR count). The molecule has 0 unspecified atom stereocenters. The standard InChI is InChI=1S/C37H50F2N6O3/c1-23(2)34(8-7-11-41-12-13-43(27(6)46)24(3)18-41)42-19-29(20-42)28-16-32(35-36(39)40-26(5)45(35)21-28)31-10-9-30(38)17-33(31)37(47)44-14-15-48-22-25(44)4/h9-10,16-17,21,23-25,29,34H,7-8,11-15,18-20,22H2,1-6H3/t24-,25-,34-/m1/s1. The fourth-order valence-corrected chi connectivity index (χ4v) is 8.03. The topological polar surface area (TPSA) is 73.6 Å². The van der Waals surface area contributed by atoms with E-state index in [0.29, 0.717) is 54.2 Å². The maximum Gasteiger partial charge on any atom is 0.254 e. The van der Waals surface area contributed by atoms with Gasteiger partial charge in [0.15, 0.2) is 0 Å². The van der Waals surface area contributed by atoms with Crippen LogP contribution in [0, 0.1) is 24.6 Å². The van der Waals surface area contributed by atoms with Crippen molar-refractivity contribution in [2.75, 3.05) is 59.0 Å². The van der Waals surface area contributed by atoms with E-state index in [-0.39, 0.29) is 35.4 Å². The Balaban J connectivity index is 1.21. The summed E-state index contributed by atoms with van der Waals surface area (Å²) in [4.78, 5) is 38.6. The minimum atomic E-state index is -0.608. The first kappa shape index (κ1) is 34.5. The molecule has 1 aromatic carbocycles. The van der Waals surface area contributed by atoms with Crippen molar-refractivity contribution in [3.8, 4) is 11.1 Å². The molecule has 0 saturated carbocycles. The van der Waals surface area contributed by atoms with Crippen molar-refractivity contribution in [3.63, 3.8) is 0 Å². The number of benzene rings is 1. The number of rotatable bonds is 9. The van der Waals surface area contributed by atoms with Gasteiger partial charge in [-0.05, 0) is 75.4 Å². The normalized spacial score (nSPS) is 22.0. The number of nitrogens with zero attached hydrogens (tertiary/aromatic N) is 6. The summed E-state index contributed by atoms with van der Waals surface area (Å²) in [6, 6.07) is 6.73. The fraction of sp³-hybridized carbons (Fsp3) is 0.595. The molecule has 260 valence electrons. The largest absolute Gasteiger partial charge is 0.377 e. The monoisotopic (exact) mass is 664 g/mol. The van der Waals surface area contributed by atoms with Crippen molar-refractivity contribution >= 4 is 17.3 Å². The number of carbonyl (C=O) groups is 2. The number of halogens is 2. The quantitative estimate of drug-likeness (QED) is 0.313. The van der Waals surface area contributed by atoms with E-state index in [9.17, 15) is 14.0 Å². The molecule has 2 aromatic heterocycles. The van der Waals surface area contributed by atoms with E-state index in [4.69, 9.17) is 4.74 Å². The molecule has 0 radical (unpaired) electrons. The van der Waals surface area contributed by atoms with Gasteiger partial charge in [0.25, 0.3) is 5.91 Å². The molecule has 3 atom stereocenters. The maximum atomic E-state index is 15.4. The number of imidazole rings is 1. The second-order valence-corrected chi connectivity index (χ2v) is 14.4. The smallest absolute Gasteiger partial charge is 0.254 e. The van der Waals surface area contributed by atoms with Crippen LogP contribution in [-0.4, -0.2) is 118 Å². The van der Waals surface area contributed by atoms with Crippen LogP contribution in [0.2, 0.25) is 0 Å². The molecule has 2 amide bonds. The van der Waals surface area contributed by atoms with E-state index in [1.54, 1.807) is 29.2 Å². The lowest BCUT2D eigenvalue weighted by atomic mass is 9.85. The fourth-order valence-electron chi connectivity index (χ4n) is 8.03. The second kappa shape index (κ2) is 14.2. The van der Waals surface area contributed by atoms with Gasteiger partial charge in [-0.15, -0.1) is 0 Å². The van der Waals surface area contributed by atoms with Crippen LogP contribution in [0.25, 0.3) is 16.6 Å². The summed E-state index contributed by atoms with van der Waals surface area (Å²) >= 11 is 0. The second-order valence-electron chi connectivity index (χ2n) is 14.4. The van der Waals surface area contributed by atoms with Crippen molar-refractivity contribution in [2.45, 2.75) is 78.4 Å². The van der Waals surface area contributed by atoms with Crippen LogP contribution >= 0.6 is 0 Å². The molecule has 0 spiro atoms. The summed E-state index contributed by atoms with van der Waals surface area (Å²) in [5.74, 6) is 0.00766. The Morgan fingerprint density at radius 2 is 1.77 bits per heavy atom. The molecular formula is C37H50F2N6O3. The molecular weight excluding hydrogens is 614 g/mol. The van der Waals surface area contributed by atoms with Gasteiger partial charge in [-0.3, -0.25) is 19.4 Å². The number of likely N-dealkylation sites (tertiary alicyclic amines) is 1. The first-order valence-corrected chi connectivity index (χ1v) is 17.5. The maximum absolute atomic E-state index is 15.4. The van der Waals surface area contributed by atoms with Crippen LogP contribution in [0.15, 0.2) is 30.5 Å². The predicted octanol–water partition coefficient (Wildman–Crippen LogP) is 5.21. The molecule has 0 bridgehead atoms. The molecule has 3 aromatic rings. The van der Waals surface area contributed by atoms with Crippen LogP contribution in [0.5, 0.6) is 0 Å². The van der Waals surface area contributed by atoms with Gasteiger partial charge < -0.3 is 18.9 Å². The van der Waals surface area contributed by atoms with Gasteiger partial charge in [0.05, 0.1) is 24.8 Å². The van der Waals surface area contributed by atoms with Gasteiger partial charge in [0.2, 0.25) is 11.9 Å². The number of amides is 2. The third kappa shape index (κ3) is 6.87. The number of carbonyl (C=O) groups excluding carboxylic acids is 2. The Labute approximate surface area is 282 Å². The molecule has 5 heterocycles. The van der Waals surface area contributed by atoms with E-state index in [1.807, 2.05) is 24.1 Å². The third-order valence-corrected chi connectivity index (χ3v) is 10.7. The van der Waals surface area contributed by atoms with Crippen molar-refractivity contribution in [1.29, 1.82) is 0 Å². The van der Waals surface area contributed by atoms with Crippen LogP contribution in [0.3, 0.4) is 0 Å². The Hall–Kier alpha value is -3.41.